The summed E-state index contributed by atoms with van der Waals surface area (Å²) in [4.78, 5) is 29.8. The Labute approximate surface area is 197 Å². The summed E-state index contributed by atoms with van der Waals surface area (Å²) in [5.41, 5.74) is 3.51. The summed E-state index contributed by atoms with van der Waals surface area (Å²) in [6.45, 7) is 3.91. The van der Waals surface area contributed by atoms with E-state index in [9.17, 15) is 4.79 Å². The fourth-order valence-corrected chi connectivity index (χ4v) is 3.16. The van der Waals surface area contributed by atoms with Crippen molar-refractivity contribution in [3.05, 3.63) is 78.4 Å². The van der Waals surface area contributed by atoms with Gasteiger partial charge in [-0.05, 0) is 62.4 Å². The number of aryl methyl sites for hydroxylation is 1. The zero-order valence-corrected chi connectivity index (χ0v) is 19.1. The molecular weight excluding hydrogens is 432 g/mol. The van der Waals surface area contributed by atoms with Crippen molar-refractivity contribution in [1.29, 1.82) is 0 Å². The van der Waals surface area contributed by atoms with Gasteiger partial charge in [-0.3, -0.25) is 0 Å². The third-order valence-corrected chi connectivity index (χ3v) is 4.86. The first-order valence-corrected chi connectivity index (χ1v) is 10.7. The lowest BCUT2D eigenvalue weighted by molar-refractivity contribution is 0.0526. The minimum atomic E-state index is -0.497. The molecule has 2 aromatic carbocycles. The molecule has 34 heavy (non-hydrogen) atoms. The van der Waals surface area contributed by atoms with Crippen LogP contribution in [0, 0.1) is 6.92 Å². The SMILES string of the molecule is CCOC(=O)c1cnc(-c2ccc(OC)cc2)nc1Nc1ccc(Nc2cc(C)ncn2)cc1. The number of methoxy groups -OCH3 is 1. The van der Waals surface area contributed by atoms with Crippen LogP contribution in [0.3, 0.4) is 0 Å². The molecule has 9 heteroatoms. The van der Waals surface area contributed by atoms with Crippen LogP contribution in [0.4, 0.5) is 23.0 Å². The highest BCUT2D eigenvalue weighted by atomic mass is 16.5. The molecule has 0 aliphatic rings. The summed E-state index contributed by atoms with van der Waals surface area (Å²) in [6.07, 6.45) is 2.99. The monoisotopic (exact) mass is 456 g/mol. The molecule has 0 atom stereocenters. The molecule has 0 aliphatic heterocycles. The number of anilines is 4. The Kier molecular flexibility index (Phi) is 6.92. The van der Waals surface area contributed by atoms with Gasteiger partial charge < -0.3 is 20.1 Å². The molecule has 0 unspecified atom stereocenters. The van der Waals surface area contributed by atoms with Crippen molar-refractivity contribution >= 4 is 29.0 Å². The molecule has 0 fully saturated rings. The van der Waals surface area contributed by atoms with E-state index in [0.717, 1.165) is 28.4 Å². The zero-order valence-electron chi connectivity index (χ0n) is 19.1. The van der Waals surface area contributed by atoms with E-state index in [4.69, 9.17) is 9.47 Å². The molecule has 4 rings (SSSR count). The van der Waals surface area contributed by atoms with Gasteiger partial charge in [0.1, 0.15) is 29.3 Å². The first-order valence-electron chi connectivity index (χ1n) is 10.7. The van der Waals surface area contributed by atoms with E-state index in [-0.39, 0.29) is 12.2 Å². The maximum atomic E-state index is 12.5. The number of rotatable bonds is 8. The van der Waals surface area contributed by atoms with Crippen molar-refractivity contribution in [2.24, 2.45) is 0 Å². The Hall–Kier alpha value is -4.53. The fraction of sp³-hybridized carbons (Fsp3) is 0.160. The van der Waals surface area contributed by atoms with Crippen LogP contribution in [0.15, 0.2) is 67.1 Å². The number of ether oxygens (including phenoxy) is 2. The number of carbonyl (C=O) groups excluding carboxylic acids is 1. The van der Waals surface area contributed by atoms with Gasteiger partial charge in [0, 0.05) is 34.9 Å². The molecule has 0 radical (unpaired) electrons. The molecule has 2 N–H and O–H groups in total. The summed E-state index contributed by atoms with van der Waals surface area (Å²) in [6, 6.07) is 16.8. The fourth-order valence-electron chi connectivity index (χ4n) is 3.16. The number of esters is 1. The normalized spacial score (nSPS) is 10.4. The second-order valence-electron chi connectivity index (χ2n) is 7.28. The predicted octanol–water partition coefficient (Wildman–Crippen LogP) is 4.91. The van der Waals surface area contributed by atoms with Crippen molar-refractivity contribution < 1.29 is 14.3 Å². The molecule has 2 heterocycles. The van der Waals surface area contributed by atoms with Gasteiger partial charge in [0.2, 0.25) is 0 Å². The highest BCUT2D eigenvalue weighted by molar-refractivity contribution is 5.95. The average Bonchev–Trinajstić information content (AvgIpc) is 2.85. The molecule has 172 valence electrons. The van der Waals surface area contributed by atoms with Gasteiger partial charge in [0.15, 0.2) is 5.82 Å². The Bertz CT molecular complexity index is 1280. The minimum absolute atomic E-state index is 0.248. The number of aromatic nitrogens is 4. The Balaban J connectivity index is 1.59. The van der Waals surface area contributed by atoms with Crippen molar-refractivity contribution in [3.63, 3.8) is 0 Å². The quantitative estimate of drug-likeness (QED) is 0.357. The lowest BCUT2D eigenvalue weighted by Gasteiger charge is -2.13. The number of benzene rings is 2. The maximum absolute atomic E-state index is 12.5. The minimum Gasteiger partial charge on any atom is -0.497 e. The smallest absolute Gasteiger partial charge is 0.343 e. The van der Waals surface area contributed by atoms with Crippen molar-refractivity contribution in [1.82, 2.24) is 19.9 Å². The second-order valence-corrected chi connectivity index (χ2v) is 7.28. The van der Waals surface area contributed by atoms with E-state index in [1.54, 1.807) is 14.0 Å². The molecule has 2 aromatic heterocycles. The lowest BCUT2D eigenvalue weighted by Crippen LogP contribution is -2.11. The Morgan fingerprint density at radius 3 is 2.29 bits per heavy atom. The molecule has 4 aromatic rings. The topological polar surface area (TPSA) is 111 Å². The molecule has 0 saturated carbocycles. The van der Waals surface area contributed by atoms with E-state index < -0.39 is 5.97 Å². The maximum Gasteiger partial charge on any atom is 0.343 e. The highest BCUT2D eigenvalue weighted by Gasteiger charge is 2.17. The van der Waals surface area contributed by atoms with Crippen LogP contribution in [0.5, 0.6) is 5.75 Å². The van der Waals surface area contributed by atoms with Crippen LogP contribution < -0.4 is 15.4 Å². The number of hydrogen-bond acceptors (Lipinski definition) is 9. The van der Waals surface area contributed by atoms with Gasteiger partial charge >= 0.3 is 5.97 Å². The summed E-state index contributed by atoms with van der Waals surface area (Å²) < 4.78 is 10.4. The van der Waals surface area contributed by atoms with Crippen LogP contribution in [-0.4, -0.2) is 39.6 Å². The molecule has 0 aliphatic carbocycles. The Morgan fingerprint density at radius 1 is 0.941 bits per heavy atom. The first kappa shape index (κ1) is 22.7. The number of nitrogens with one attached hydrogen (secondary N) is 2. The molecule has 0 saturated heterocycles. The number of nitrogens with zero attached hydrogens (tertiary/aromatic N) is 4. The van der Waals surface area contributed by atoms with E-state index in [0.29, 0.717) is 17.5 Å². The van der Waals surface area contributed by atoms with E-state index in [1.165, 1.54) is 12.5 Å². The number of hydrogen-bond donors (Lipinski definition) is 2. The molecule has 0 spiro atoms. The molecule has 0 amide bonds. The van der Waals surface area contributed by atoms with Crippen LogP contribution in [0.1, 0.15) is 23.0 Å². The third kappa shape index (κ3) is 5.44. The molecular formula is C25H24N6O3. The van der Waals surface area contributed by atoms with E-state index in [1.807, 2.05) is 61.5 Å². The van der Waals surface area contributed by atoms with Crippen LogP contribution in [-0.2, 0) is 4.74 Å². The standard InChI is InChI=1S/C25H24N6O3/c1-4-34-25(32)21-14-26-23(17-5-11-20(33-3)12-6-17)31-24(21)30-19-9-7-18(8-10-19)29-22-13-16(2)27-15-28-22/h5-15H,4H2,1-3H3,(H,26,30,31)(H,27,28,29). The molecule has 9 nitrogen and oxygen atoms in total. The largest absolute Gasteiger partial charge is 0.497 e. The van der Waals surface area contributed by atoms with E-state index in [2.05, 4.69) is 30.6 Å². The van der Waals surface area contributed by atoms with Crippen LogP contribution in [0.2, 0.25) is 0 Å². The summed E-state index contributed by atoms with van der Waals surface area (Å²) in [7, 11) is 1.61. The van der Waals surface area contributed by atoms with Gasteiger partial charge in [0.25, 0.3) is 0 Å². The van der Waals surface area contributed by atoms with Crippen LogP contribution >= 0.6 is 0 Å². The van der Waals surface area contributed by atoms with Crippen molar-refractivity contribution in [2.75, 3.05) is 24.4 Å². The van der Waals surface area contributed by atoms with E-state index >= 15 is 0 Å². The second kappa shape index (κ2) is 10.4. The van der Waals surface area contributed by atoms with Gasteiger partial charge in [0.05, 0.1) is 13.7 Å². The summed E-state index contributed by atoms with van der Waals surface area (Å²) >= 11 is 0. The average molecular weight is 457 g/mol. The molecule has 0 bridgehead atoms. The third-order valence-electron chi connectivity index (χ3n) is 4.86. The van der Waals surface area contributed by atoms with Crippen LogP contribution in [0.25, 0.3) is 11.4 Å². The summed E-state index contributed by atoms with van der Waals surface area (Å²) in [5, 5.41) is 6.45. The van der Waals surface area contributed by atoms with Crippen molar-refractivity contribution in [2.45, 2.75) is 13.8 Å². The van der Waals surface area contributed by atoms with Gasteiger partial charge in [-0.15, -0.1) is 0 Å². The highest BCUT2D eigenvalue weighted by Crippen LogP contribution is 2.26. The predicted molar refractivity (Wildman–Crippen MR) is 130 cm³/mol. The van der Waals surface area contributed by atoms with Gasteiger partial charge in [-0.1, -0.05) is 0 Å². The zero-order chi connectivity index (χ0) is 23.9. The number of carbonyl (C=O) groups is 1. The Morgan fingerprint density at radius 2 is 1.65 bits per heavy atom. The lowest BCUT2D eigenvalue weighted by atomic mass is 10.2. The first-order chi connectivity index (χ1) is 16.6. The van der Waals surface area contributed by atoms with Crippen molar-refractivity contribution in [3.8, 4) is 17.1 Å². The van der Waals surface area contributed by atoms with Gasteiger partial charge in [-0.25, -0.2) is 24.7 Å². The van der Waals surface area contributed by atoms with Gasteiger partial charge in [-0.2, -0.15) is 0 Å². The summed E-state index contributed by atoms with van der Waals surface area (Å²) in [5.74, 6) is 1.76.